The number of carbonyl (C=O) groups excluding carboxylic acids is 1. The lowest BCUT2D eigenvalue weighted by Crippen LogP contribution is -2.23. The number of benzene rings is 1. The van der Waals surface area contributed by atoms with Crippen LogP contribution in [-0.4, -0.2) is 22.0 Å². The van der Waals surface area contributed by atoms with Crippen LogP contribution in [0.1, 0.15) is 31.4 Å². The maximum atomic E-state index is 11.8. The molecule has 0 aliphatic carbocycles. The van der Waals surface area contributed by atoms with Crippen molar-refractivity contribution < 1.29 is 14.7 Å². The Morgan fingerprint density at radius 3 is 2.84 bits per heavy atom. The van der Waals surface area contributed by atoms with Gasteiger partial charge in [0, 0.05) is 11.9 Å². The number of nitrogens with one attached hydrogen (secondary N) is 1. The molecule has 2 aromatic rings. The zero-order valence-corrected chi connectivity index (χ0v) is 11.0. The van der Waals surface area contributed by atoms with E-state index >= 15 is 0 Å². The fourth-order valence-corrected chi connectivity index (χ4v) is 2.15. The summed E-state index contributed by atoms with van der Waals surface area (Å²) in [5.74, 6) is -1.24. The van der Waals surface area contributed by atoms with Gasteiger partial charge < -0.3 is 10.4 Å². The van der Waals surface area contributed by atoms with Crippen molar-refractivity contribution in [3.05, 3.63) is 51.5 Å². The molecule has 0 unspecified atom stereocenters. The van der Waals surface area contributed by atoms with Crippen LogP contribution in [0.15, 0.2) is 29.6 Å². The zero-order valence-electron chi connectivity index (χ0n) is 10.2. The number of rotatable bonds is 4. The summed E-state index contributed by atoms with van der Waals surface area (Å²) >= 11 is 1.41. The number of nitrogens with zero attached hydrogens (tertiary/aromatic N) is 1. The van der Waals surface area contributed by atoms with E-state index in [2.05, 4.69) is 10.3 Å². The Bertz CT molecular complexity index is 622. The van der Waals surface area contributed by atoms with Crippen LogP contribution < -0.4 is 5.32 Å². The summed E-state index contributed by atoms with van der Waals surface area (Å²) in [6.07, 6.45) is 0. The van der Waals surface area contributed by atoms with E-state index in [4.69, 9.17) is 5.11 Å². The van der Waals surface area contributed by atoms with E-state index in [1.165, 1.54) is 23.5 Å². The molecule has 0 radical (unpaired) electrons. The molecule has 1 aromatic heterocycles. The first-order valence-electron chi connectivity index (χ1n) is 5.59. The molecule has 0 saturated heterocycles. The van der Waals surface area contributed by atoms with Crippen LogP contribution in [0, 0.1) is 6.92 Å². The van der Waals surface area contributed by atoms with Gasteiger partial charge in [0.15, 0.2) is 0 Å². The molecule has 2 N–H and O–H groups in total. The second-order valence-corrected chi connectivity index (χ2v) is 5.00. The Hall–Kier alpha value is -2.21. The predicted molar refractivity (Wildman–Crippen MR) is 71.4 cm³/mol. The number of aromatic carboxylic acids is 1. The average molecular weight is 276 g/mol. The second kappa shape index (κ2) is 5.62. The van der Waals surface area contributed by atoms with Gasteiger partial charge in [-0.1, -0.05) is 12.1 Å². The van der Waals surface area contributed by atoms with Gasteiger partial charge in [-0.2, -0.15) is 0 Å². The summed E-state index contributed by atoms with van der Waals surface area (Å²) in [4.78, 5) is 26.7. The molecular formula is C13H12N2O3S. The van der Waals surface area contributed by atoms with Crippen molar-refractivity contribution in [1.82, 2.24) is 10.3 Å². The van der Waals surface area contributed by atoms with Gasteiger partial charge >= 0.3 is 5.97 Å². The molecule has 1 heterocycles. The van der Waals surface area contributed by atoms with E-state index in [1.54, 1.807) is 17.5 Å². The first kappa shape index (κ1) is 13.2. The number of amides is 1. The minimum absolute atomic E-state index is 0.205. The highest BCUT2D eigenvalue weighted by Crippen LogP contribution is 2.09. The molecule has 0 fully saturated rings. The SMILES string of the molecule is Cc1nc(C(=O)NCc2cccc(C(=O)O)c2)cs1. The normalized spacial score (nSPS) is 10.2. The van der Waals surface area contributed by atoms with Crippen molar-refractivity contribution in [3.8, 4) is 0 Å². The number of carbonyl (C=O) groups is 2. The van der Waals surface area contributed by atoms with Crippen LogP contribution >= 0.6 is 11.3 Å². The Morgan fingerprint density at radius 1 is 1.42 bits per heavy atom. The summed E-state index contributed by atoms with van der Waals surface area (Å²) < 4.78 is 0. The van der Waals surface area contributed by atoms with Crippen molar-refractivity contribution in [2.24, 2.45) is 0 Å². The zero-order chi connectivity index (χ0) is 13.8. The van der Waals surface area contributed by atoms with Crippen molar-refractivity contribution in [2.75, 3.05) is 0 Å². The molecule has 19 heavy (non-hydrogen) atoms. The molecule has 0 aliphatic rings. The standard InChI is InChI=1S/C13H12N2O3S/c1-8-15-11(7-19-8)12(16)14-6-9-3-2-4-10(5-9)13(17)18/h2-5,7H,6H2,1H3,(H,14,16)(H,17,18). The van der Waals surface area contributed by atoms with Crippen molar-refractivity contribution in [1.29, 1.82) is 0 Å². The van der Waals surface area contributed by atoms with Crippen LogP contribution in [-0.2, 0) is 6.54 Å². The van der Waals surface area contributed by atoms with Gasteiger partial charge in [0.05, 0.1) is 10.6 Å². The molecule has 0 bridgehead atoms. The summed E-state index contributed by atoms with van der Waals surface area (Å²) in [7, 11) is 0. The molecular weight excluding hydrogens is 264 g/mol. The molecule has 98 valence electrons. The molecule has 0 saturated carbocycles. The van der Waals surface area contributed by atoms with Gasteiger partial charge in [-0.05, 0) is 24.6 Å². The van der Waals surface area contributed by atoms with Gasteiger partial charge in [0.2, 0.25) is 0 Å². The van der Waals surface area contributed by atoms with Gasteiger partial charge in [-0.25, -0.2) is 9.78 Å². The Labute approximate surface area is 113 Å². The average Bonchev–Trinajstić information content (AvgIpc) is 2.83. The lowest BCUT2D eigenvalue weighted by molar-refractivity contribution is 0.0696. The Morgan fingerprint density at radius 2 is 2.21 bits per heavy atom. The van der Waals surface area contributed by atoms with E-state index in [9.17, 15) is 9.59 Å². The topological polar surface area (TPSA) is 79.3 Å². The highest BCUT2D eigenvalue weighted by molar-refractivity contribution is 7.09. The minimum atomic E-state index is -0.983. The van der Waals surface area contributed by atoms with E-state index in [-0.39, 0.29) is 18.0 Å². The maximum absolute atomic E-state index is 11.8. The van der Waals surface area contributed by atoms with Gasteiger partial charge in [-0.3, -0.25) is 4.79 Å². The van der Waals surface area contributed by atoms with Crippen molar-refractivity contribution in [3.63, 3.8) is 0 Å². The molecule has 1 amide bonds. The molecule has 1 aromatic carbocycles. The Balaban J connectivity index is 2.01. The predicted octanol–water partition coefficient (Wildman–Crippen LogP) is 2.08. The van der Waals surface area contributed by atoms with Crippen molar-refractivity contribution >= 4 is 23.2 Å². The van der Waals surface area contributed by atoms with Gasteiger partial charge in [0.1, 0.15) is 5.69 Å². The number of hydrogen-bond donors (Lipinski definition) is 2. The van der Waals surface area contributed by atoms with E-state index < -0.39 is 5.97 Å². The lowest BCUT2D eigenvalue weighted by Gasteiger charge is -2.04. The van der Waals surface area contributed by atoms with E-state index in [1.807, 2.05) is 6.92 Å². The fourth-order valence-electron chi connectivity index (χ4n) is 1.55. The summed E-state index contributed by atoms with van der Waals surface area (Å²) in [6.45, 7) is 2.11. The molecule has 0 atom stereocenters. The fraction of sp³-hybridized carbons (Fsp3) is 0.154. The smallest absolute Gasteiger partial charge is 0.335 e. The molecule has 0 aliphatic heterocycles. The van der Waals surface area contributed by atoms with E-state index in [0.717, 1.165) is 10.6 Å². The first-order chi connectivity index (χ1) is 9.06. The number of aromatic nitrogens is 1. The highest BCUT2D eigenvalue weighted by atomic mass is 32.1. The van der Waals surface area contributed by atoms with Crippen LogP contribution in [0.4, 0.5) is 0 Å². The van der Waals surface area contributed by atoms with Crippen LogP contribution in [0.5, 0.6) is 0 Å². The van der Waals surface area contributed by atoms with Gasteiger partial charge in [0.25, 0.3) is 5.91 Å². The third-order valence-electron chi connectivity index (χ3n) is 2.48. The van der Waals surface area contributed by atoms with Crippen LogP contribution in [0.25, 0.3) is 0 Å². The van der Waals surface area contributed by atoms with E-state index in [0.29, 0.717) is 5.69 Å². The maximum Gasteiger partial charge on any atom is 0.335 e. The van der Waals surface area contributed by atoms with Crippen LogP contribution in [0.2, 0.25) is 0 Å². The number of carboxylic acids is 1. The lowest BCUT2D eigenvalue weighted by atomic mass is 10.1. The third-order valence-corrected chi connectivity index (χ3v) is 3.25. The number of thiazole rings is 1. The number of carboxylic acid groups (broad SMARTS) is 1. The number of aryl methyl sites for hydroxylation is 1. The summed E-state index contributed by atoms with van der Waals surface area (Å²) in [5.41, 5.74) is 1.33. The minimum Gasteiger partial charge on any atom is -0.478 e. The molecule has 6 heteroatoms. The van der Waals surface area contributed by atoms with Crippen molar-refractivity contribution in [2.45, 2.75) is 13.5 Å². The largest absolute Gasteiger partial charge is 0.478 e. The monoisotopic (exact) mass is 276 g/mol. The molecule has 2 rings (SSSR count). The highest BCUT2D eigenvalue weighted by Gasteiger charge is 2.09. The van der Waals surface area contributed by atoms with Gasteiger partial charge in [-0.15, -0.1) is 11.3 Å². The quantitative estimate of drug-likeness (QED) is 0.896. The molecule has 5 nitrogen and oxygen atoms in total. The Kier molecular flexibility index (Phi) is 3.91. The number of hydrogen-bond acceptors (Lipinski definition) is 4. The first-order valence-corrected chi connectivity index (χ1v) is 6.47. The summed E-state index contributed by atoms with van der Waals surface area (Å²) in [5, 5.41) is 14.1. The van der Waals surface area contributed by atoms with Crippen LogP contribution in [0.3, 0.4) is 0 Å². The third kappa shape index (κ3) is 3.38. The second-order valence-electron chi connectivity index (χ2n) is 3.94. The summed E-state index contributed by atoms with van der Waals surface area (Å²) in [6, 6.07) is 6.46. The molecule has 0 spiro atoms.